The molecule has 5 nitrogen and oxygen atoms in total. The van der Waals surface area contributed by atoms with E-state index in [2.05, 4.69) is 9.46 Å². The molecule has 3 rings (SSSR count). The second-order valence-corrected chi connectivity index (χ2v) is 8.99. The number of nitrogens with one attached hydrogen (secondary N) is 1. The molecule has 0 heterocycles. The van der Waals surface area contributed by atoms with Gasteiger partial charge in [-0.1, -0.05) is 41.6 Å². The Hall–Kier alpha value is -3.11. The average Bonchev–Trinajstić information content (AvgIpc) is 2.77. The molecule has 0 radical (unpaired) electrons. The number of ether oxygens (including phenoxy) is 1. The number of ketones is 1. The monoisotopic (exact) mass is 493 g/mol. The molecule has 1 N–H and O–H groups in total. The number of hydrogen-bond donors (Lipinski definition) is 1. The summed E-state index contributed by atoms with van der Waals surface area (Å²) in [5.41, 5.74) is 2.40. The Bertz CT molecular complexity index is 1150. The lowest BCUT2D eigenvalue weighted by atomic mass is 10.1. The zero-order valence-electron chi connectivity index (χ0n) is 17.2. The second kappa shape index (κ2) is 10.7. The van der Waals surface area contributed by atoms with Crippen LogP contribution in [0.5, 0.6) is 5.75 Å². The number of carbonyl (C=O) groups is 2. The predicted molar refractivity (Wildman–Crippen MR) is 122 cm³/mol. The maximum absolute atomic E-state index is 12.4. The molecule has 1 atom stereocenters. The van der Waals surface area contributed by atoms with Gasteiger partial charge in [0.25, 0.3) is 0 Å². The molecule has 0 fully saturated rings. The minimum absolute atomic E-state index is 0.0161. The SMILES string of the molecule is Cc1ccc(C(=O)SCC(=O)c2ccc(NS(=O)c3ccc(OC(F)(F)F)cc3)cc2)cc1. The molecule has 0 bridgehead atoms. The fourth-order valence-corrected chi connectivity index (χ4v) is 4.23. The van der Waals surface area contributed by atoms with Crippen LogP contribution < -0.4 is 9.46 Å². The molecule has 0 spiro atoms. The Labute approximate surface area is 194 Å². The molecule has 172 valence electrons. The number of rotatable bonds is 8. The van der Waals surface area contributed by atoms with E-state index in [-0.39, 0.29) is 21.5 Å². The van der Waals surface area contributed by atoms with Crippen LogP contribution in [-0.2, 0) is 11.0 Å². The molecule has 3 aromatic rings. The molecule has 10 heteroatoms. The highest BCUT2D eigenvalue weighted by Gasteiger charge is 2.31. The van der Waals surface area contributed by atoms with Crippen molar-refractivity contribution in [1.29, 1.82) is 0 Å². The van der Waals surface area contributed by atoms with Crippen molar-refractivity contribution < 1.29 is 31.7 Å². The molecule has 3 aromatic carbocycles. The third-order valence-electron chi connectivity index (χ3n) is 4.31. The molecular weight excluding hydrogens is 475 g/mol. The fourth-order valence-electron chi connectivity index (χ4n) is 2.64. The van der Waals surface area contributed by atoms with E-state index in [1.165, 1.54) is 12.1 Å². The van der Waals surface area contributed by atoms with Crippen molar-refractivity contribution in [3.63, 3.8) is 0 Å². The third kappa shape index (κ3) is 7.47. The van der Waals surface area contributed by atoms with Crippen LogP contribution in [0.25, 0.3) is 0 Å². The Kier molecular flexibility index (Phi) is 7.93. The molecule has 0 aliphatic carbocycles. The molecule has 1 unspecified atom stereocenters. The summed E-state index contributed by atoms with van der Waals surface area (Å²) in [6.07, 6.45) is -4.80. The van der Waals surface area contributed by atoms with Crippen LogP contribution in [0.3, 0.4) is 0 Å². The van der Waals surface area contributed by atoms with Crippen LogP contribution >= 0.6 is 11.8 Å². The number of aryl methyl sites for hydroxylation is 1. The number of Topliss-reactive ketones (excluding diaryl/α,β-unsaturated/α-hetero) is 1. The second-order valence-electron chi connectivity index (χ2n) is 6.83. The maximum Gasteiger partial charge on any atom is 0.573 e. The number of hydrogen-bond acceptors (Lipinski definition) is 5. The van der Waals surface area contributed by atoms with Crippen LogP contribution in [0.4, 0.5) is 18.9 Å². The van der Waals surface area contributed by atoms with Gasteiger partial charge < -0.3 is 9.46 Å². The van der Waals surface area contributed by atoms with Gasteiger partial charge in [-0.25, -0.2) is 4.21 Å². The zero-order chi connectivity index (χ0) is 24.0. The summed E-state index contributed by atoms with van der Waals surface area (Å²) in [5, 5.41) is -0.191. The van der Waals surface area contributed by atoms with E-state index in [4.69, 9.17) is 0 Å². The third-order valence-corrected chi connectivity index (χ3v) is 6.34. The quantitative estimate of drug-likeness (QED) is 0.403. The topological polar surface area (TPSA) is 72.5 Å². The van der Waals surface area contributed by atoms with Crippen molar-refractivity contribution in [3.05, 3.63) is 89.5 Å². The first-order valence-electron chi connectivity index (χ1n) is 9.52. The minimum Gasteiger partial charge on any atom is -0.406 e. The van der Waals surface area contributed by atoms with E-state index >= 15 is 0 Å². The number of anilines is 1. The van der Waals surface area contributed by atoms with Gasteiger partial charge in [-0.05, 0) is 55.5 Å². The van der Waals surface area contributed by atoms with Crippen LogP contribution in [0.15, 0.2) is 77.7 Å². The minimum atomic E-state index is -4.80. The van der Waals surface area contributed by atoms with Gasteiger partial charge in [0.2, 0.25) is 5.12 Å². The normalized spacial score (nSPS) is 12.1. The molecular formula is C23H18F3NO4S2. The predicted octanol–water partition coefficient (Wildman–Crippen LogP) is 5.78. The molecule has 0 amide bonds. The van der Waals surface area contributed by atoms with Crippen molar-refractivity contribution in [1.82, 2.24) is 0 Å². The van der Waals surface area contributed by atoms with E-state index in [1.54, 1.807) is 36.4 Å². The van der Waals surface area contributed by atoms with Gasteiger partial charge in [-0.15, -0.1) is 13.2 Å². The maximum atomic E-state index is 12.4. The molecule has 0 saturated carbocycles. The summed E-state index contributed by atoms with van der Waals surface area (Å²) in [4.78, 5) is 24.8. The lowest BCUT2D eigenvalue weighted by Crippen LogP contribution is -2.17. The number of thioether (sulfide) groups is 1. The molecule has 33 heavy (non-hydrogen) atoms. The summed E-state index contributed by atoms with van der Waals surface area (Å²) < 4.78 is 55.5. The lowest BCUT2D eigenvalue weighted by molar-refractivity contribution is -0.274. The van der Waals surface area contributed by atoms with Gasteiger partial charge in [0.05, 0.1) is 10.6 Å². The van der Waals surface area contributed by atoms with Gasteiger partial charge >= 0.3 is 6.36 Å². The summed E-state index contributed by atoms with van der Waals surface area (Å²) >= 11 is 0.922. The van der Waals surface area contributed by atoms with Crippen molar-refractivity contribution in [2.24, 2.45) is 0 Å². The molecule has 0 saturated heterocycles. The lowest BCUT2D eigenvalue weighted by Gasteiger charge is -2.10. The highest BCUT2D eigenvalue weighted by molar-refractivity contribution is 8.14. The summed E-state index contributed by atoms with van der Waals surface area (Å²) in [6.45, 7) is 1.92. The molecule has 0 aromatic heterocycles. The Morgan fingerprint density at radius 3 is 2.06 bits per heavy atom. The molecule has 0 aliphatic rings. The highest BCUT2D eigenvalue weighted by atomic mass is 32.2. The summed E-state index contributed by atoms with van der Waals surface area (Å²) in [6, 6.07) is 17.9. The number of alkyl halides is 3. The Morgan fingerprint density at radius 2 is 1.48 bits per heavy atom. The van der Waals surface area contributed by atoms with Gasteiger partial charge in [-0.3, -0.25) is 9.59 Å². The average molecular weight is 494 g/mol. The fraction of sp³-hybridized carbons (Fsp3) is 0.130. The van der Waals surface area contributed by atoms with Crippen molar-refractivity contribution in [2.75, 3.05) is 10.5 Å². The van der Waals surface area contributed by atoms with Crippen molar-refractivity contribution >= 4 is 39.3 Å². The van der Waals surface area contributed by atoms with E-state index in [0.717, 1.165) is 29.5 Å². The number of benzene rings is 3. The van der Waals surface area contributed by atoms with E-state index in [9.17, 15) is 27.0 Å². The van der Waals surface area contributed by atoms with Gasteiger partial charge in [0, 0.05) is 16.8 Å². The number of halogens is 3. The standard InChI is InChI=1S/C23H18F3NO4S2/c1-15-2-4-17(5-3-15)22(29)32-14-21(28)16-6-8-18(9-7-16)27-33(30)20-12-10-19(11-13-20)31-23(24,25)26/h2-13,27H,14H2,1H3. The van der Waals surface area contributed by atoms with Crippen molar-refractivity contribution in [2.45, 2.75) is 18.2 Å². The van der Waals surface area contributed by atoms with Gasteiger partial charge in [0.15, 0.2) is 5.78 Å². The summed E-state index contributed by atoms with van der Waals surface area (Å²) in [5.74, 6) is -0.657. The number of carbonyl (C=O) groups excluding carboxylic acids is 2. The van der Waals surface area contributed by atoms with E-state index < -0.39 is 23.1 Å². The van der Waals surface area contributed by atoms with Crippen molar-refractivity contribution in [3.8, 4) is 5.75 Å². The zero-order valence-corrected chi connectivity index (χ0v) is 18.9. The first kappa shape index (κ1) is 24.5. The van der Waals surface area contributed by atoms with Crippen LogP contribution in [0, 0.1) is 6.92 Å². The van der Waals surface area contributed by atoms with E-state index in [0.29, 0.717) is 16.8 Å². The first-order valence-corrected chi connectivity index (χ1v) is 11.7. The largest absolute Gasteiger partial charge is 0.573 e. The first-order chi connectivity index (χ1) is 15.6. The Morgan fingerprint density at radius 1 is 0.909 bits per heavy atom. The van der Waals surface area contributed by atoms with E-state index in [1.807, 2.05) is 19.1 Å². The summed E-state index contributed by atoms with van der Waals surface area (Å²) in [7, 11) is -1.74. The Balaban J connectivity index is 1.53. The van der Waals surface area contributed by atoms with Crippen LogP contribution in [0.1, 0.15) is 26.3 Å². The van der Waals surface area contributed by atoms with Gasteiger partial charge in [0.1, 0.15) is 16.7 Å². The molecule has 0 aliphatic heterocycles. The van der Waals surface area contributed by atoms with Crippen LogP contribution in [-0.4, -0.2) is 27.2 Å². The van der Waals surface area contributed by atoms with Gasteiger partial charge in [-0.2, -0.15) is 0 Å². The highest BCUT2D eigenvalue weighted by Crippen LogP contribution is 2.24. The van der Waals surface area contributed by atoms with Crippen LogP contribution in [0.2, 0.25) is 0 Å². The smallest absolute Gasteiger partial charge is 0.406 e.